The third-order valence-corrected chi connectivity index (χ3v) is 4.29. The van der Waals surface area contributed by atoms with Crippen molar-refractivity contribution in [3.8, 4) is 0 Å². The number of hydrogen-bond donors (Lipinski definition) is 3. The summed E-state index contributed by atoms with van der Waals surface area (Å²) in [6.07, 6.45) is 2.92. The Labute approximate surface area is 124 Å². The molecule has 0 spiro atoms. The van der Waals surface area contributed by atoms with Gasteiger partial charge in [-0.15, -0.1) is 0 Å². The number of urea groups is 1. The molecular weight excluding hydrogens is 268 g/mol. The number of aliphatic carboxylic acids is 1. The smallest absolute Gasteiger partial charge is 0.315 e. The summed E-state index contributed by atoms with van der Waals surface area (Å²) in [5, 5.41) is 14.9. The number of amides is 2. The summed E-state index contributed by atoms with van der Waals surface area (Å²) < 4.78 is 0. The van der Waals surface area contributed by atoms with E-state index in [1.165, 1.54) is 0 Å². The average Bonchev–Trinajstić information content (AvgIpc) is 2.83. The standard InChI is InChI=1S/C16H22N2O3/c1-16(14(19)20)10-5-8-13(16)18-15(21)17-11-9-12-6-3-2-4-7-12/h2-4,6-7,13H,5,8-11H2,1H3,(H,19,20)(H2,17,18,21). The van der Waals surface area contributed by atoms with Crippen molar-refractivity contribution in [1.29, 1.82) is 0 Å². The number of carbonyl (C=O) groups is 2. The summed E-state index contributed by atoms with van der Waals surface area (Å²) in [5.74, 6) is -0.838. The van der Waals surface area contributed by atoms with E-state index in [-0.39, 0.29) is 12.1 Å². The summed E-state index contributed by atoms with van der Waals surface area (Å²) in [4.78, 5) is 23.2. The van der Waals surface area contributed by atoms with Crippen molar-refractivity contribution in [2.75, 3.05) is 6.54 Å². The molecule has 0 radical (unpaired) electrons. The maximum atomic E-state index is 11.9. The SMILES string of the molecule is CC1(C(=O)O)CCCC1NC(=O)NCCc1ccccc1. The number of benzene rings is 1. The Morgan fingerprint density at radius 2 is 2.05 bits per heavy atom. The van der Waals surface area contributed by atoms with Gasteiger partial charge in [0.15, 0.2) is 0 Å². The zero-order chi connectivity index (χ0) is 15.3. The predicted molar refractivity (Wildman–Crippen MR) is 80.1 cm³/mol. The van der Waals surface area contributed by atoms with Crippen molar-refractivity contribution in [3.05, 3.63) is 35.9 Å². The minimum absolute atomic E-state index is 0.287. The Hall–Kier alpha value is -2.04. The summed E-state index contributed by atoms with van der Waals surface area (Å²) >= 11 is 0. The van der Waals surface area contributed by atoms with Crippen molar-refractivity contribution in [3.63, 3.8) is 0 Å². The van der Waals surface area contributed by atoms with E-state index in [2.05, 4.69) is 10.6 Å². The molecule has 3 N–H and O–H groups in total. The van der Waals surface area contributed by atoms with Crippen molar-refractivity contribution >= 4 is 12.0 Å². The Kier molecular flexibility index (Phi) is 4.83. The number of hydrogen-bond acceptors (Lipinski definition) is 2. The van der Waals surface area contributed by atoms with E-state index in [0.29, 0.717) is 13.0 Å². The van der Waals surface area contributed by atoms with E-state index in [1.54, 1.807) is 6.92 Å². The van der Waals surface area contributed by atoms with Crippen LogP contribution in [0.15, 0.2) is 30.3 Å². The maximum Gasteiger partial charge on any atom is 0.315 e. The van der Waals surface area contributed by atoms with Crippen LogP contribution in [0.5, 0.6) is 0 Å². The van der Waals surface area contributed by atoms with Crippen LogP contribution in [0, 0.1) is 5.41 Å². The highest BCUT2D eigenvalue weighted by atomic mass is 16.4. The Bertz CT molecular complexity index is 504. The molecule has 1 aliphatic carbocycles. The average molecular weight is 290 g/mol. The van der Waals surface area contributed by atoms with Gasteiger partial charge in [0.25, 0.3) is 0 Å². The van der Waals surface area contributed by atoms with Gasteiger partial charge < -0.3 is 15.7 Å². The van der Waals surface area contributed by atoms with Gasteiger partial charge in [-0.3, -0.25) is 4.79 Å². The van der Waals surface area contributed by atoms with Crippen LogP contribution in [0.3, 0.4) is 0 Å². The van der Waals surface area contributed by atoms with Gasteiger partial charge in [-0.1, -0.05) is 36.8 Å². The third-order valence-electron chi connectivity index (χ3n) is 4.29. The van der Waals surface area contributed by atoms with Gasteiger partial charge in [-0.25, -0.2) is 4.79 Å². The van der Waals surface area contributed by atoms with Crippen molar-refractivity contribution in [1.82, 2.24) is 10.6 Å². The first kappa shape index (κ1) is 15.4. The van der Waals surface area contributed by atoms with E-state index in [9.17, 15) is 14.7 Å². The lowest BCUT2D eigenvalue weighted by Crippen LogP contribution is -2.50. The molecule has 5 nitrogen and oxygen atoms in total. The van der Waals surface area contributed by atoms with Crippen LogP contribution < -0.4 is 10.6 Å². The highest BCUT2D eigenvalue weighted by Gasteiger charge is 2.45. The van der Waals surface area contributed by atoms with E-state index >= 15 is 0 Å². The number of carboxylic acid groups (broad SMARTS) is 1. The fourth-order valence-corrected chi connectivity index (χ4v) is 2.83. The van der Waals surface area contributed by atoms with E-state index in [0.717, 1.165) is 24.8 Å². The lowest BCUT2D eigenvalue weighted by molar-refractivity contribution is -0.148. The van der Waals surface area contributed by atoms with Crippen molar-refractivity contribution in [2.45, 2.75) is 38.6 Å². The lowest BCUT2D eigenvalue weighted by atomic mass is 9.85. The number of nitrogens with one attached hydrogen (secondary N) is 2. The number of rotatable bonds is 5. The Morgan fingerprint density at radius 3 is 2.71 bits per heavy atom. The third kappa shape index (κ3) is 3.74. The molecule has 1 saturated carbocycles. The first-order valence-electron chi connectivity index (χ1n) is 7.34. The maximum absolute atomic E-state index is 11.9. The van der Waals surface area contributed by atoms with Crippen molar-refractivity contribution in [2.24, 2.45) is 5.41 Å². The van der Waals surface area contributed by atoms with Crippen molar-refractivity contribution < 1.29 is 14.7 Å². The molecule has 0 aromatic heterocycles. The van der Waals surface area contributed by atoms with Gasteiger partial charge in [0.2, 0.25) is 0 Å². The topological polar surface area (TPSA) is 78.4 Å². The molecule has 1 fully saturated rings. The van der Waals surface area contributed by atoms with Crippen LogP contribution in [0.1, 0.15) is 31.7 Å². The summed E-state index contributed by atoms with van der Waals surface area (Å²) in [6.45, 7) is 2.24. The monoisotopic (exact) mass is 290 g/mol. The van der Waals surface area contributed by atoms with Gasteiger partial charge in [0, 0.05) is 12.6 Å². The van der Waals surface area contributed by atoms with Gasteiger partial charge >= 0.3 is 12.0 Å². The molecule has 2 unspecified atom stereocenters. The zero-order valence-electron chi connectivity index (χ0n) is 12.3. The highest BCUT2D eigenvalue weighted by molar-refractivity contribution is 5.79. The summed E-state index contributed by atoms with van der Waals surface area (Å²) in [5.41, 5.74) is 0.311. The second-order valence-electron chi connectivity index (χ2n) is 5.80. The molecule has 0 saturated heterocycles. The summed E-state index contributed by atoms with van der Waals surface area (Å²) in [7, 11) is 0. The van der Waals surface area contributed by atoms with E-state index < -0.39 is 11.4 Å². The van der Waals surface area contributed by atoms with Gasteiger partial charge in [0.05, 0.1) is 5.41 Å². The number of carbonyl (C=O) groups excluding carboxylic acids is 1. The van der Waals surface area contributed by atoms with E-state index in [4.69, 9.17) is 0 Å². The second kappa shape index (κ2) is 6.61. The van der Waals surface area contributed by atoms with Crippen LogP contribution in [0.25, 0.3) is 0 Å². The first-order chi connectivity index (χ1) is 10.0. The Balaban J connectivity index is 1.78. The van der Waals surface area contributed by atoms with Gasteiger partial charge in [-0.2, -0.15) is 0 Å². The number of carboxylic acids is 1. The molecule has 5 heteroatoms. The van der Waals surface area contributed by atoms with Crippen LogP contribution in [0.2, 0.25) is 0 Å². The van der Waals surface area contributed by atoms with Crippen LogP contribution in [-0.2, 0) is 11.2 Å². The summed E-state index contributed by atoms with van der Waals surface area (Å²) in [6, 6.07) is 9.32. The molecule has 2 atom stereocenters. The first-order valence-corrected chi connectivity index (χ1v) is 7.34. The minimum Gasteiger partial charge on any atom is -0.481 e. The normalized spacial score (nSPS) is 24.5. The minimum atomic E-state index is -0.850. The second-order valence-corrected chi connectivity index (χ2v) is 5.80. The van der Waals surface area contributed by atoms with Crippen LogP contribution in [-0.4, -0.2) is 29.7 Å². The molecule has 114 valence electrons. The van der Waals surface area contributed by atoms with Crippen LogP contribution in [0.4, 0.5) is 4.79 Å². The fourth-order valence-electron chi connectivity index (χ4n) is 2.83. The molecule has 21 heavy (non-hydrogen) atoms. The molecule has 0 heterocycles. The fraction of sp³-hybridized carbons (Fsp3) is 0.500. The van der Waals surface area contributed by atoms with Gasteiger partial charge in [0.1, 0.15) is 0 Å². The molecule has 1 aromatic rings. The highest BCUT2D eigenvalue weighted by Crippen LogP contribution is 2.38. The van der Waals surface area contributed by atoms with E-state index in [1.807, 2.05) is 30.3 Å². The quantitative estimate of drug-likeness (QED) is 0.777. The largest absolute Gasteiger partial charge is 0.481 e. The molecule has 0 aliphatic heterocycles. The predicted octanol–water partition coefficient (Wildman–Crippen LogP) is 2.17. The molecule has 2 rings (SSSR count). The lowest BCUT2D eigenvalue weighted by Gasteiger charge is -2.27. The van der Waals surface area contributed by atoms with Gasteiger partial charge in [-0.05, 0) is 31.7 Å². The molecule has 0 bridgehead atoms. The molecule has 2 amide bonds. The Morgan fingerprint density at radius 1 is 1.33 bits per heavy atom. The molecule has 1 aliphatic rings. The zero-order valence-corrected chi connectivity index (χ0v) is 12.3. The molecular formula is C16H22N2O3. The van der Waals surface area contributed by atoms with Crippen LogP contribution >= 0.6 is 0 Å². The molecule has 1 aromatic carbocycles.